The predicted molar refractivity (Wildman–Crippen MR) is 68.1 cm³/mol. The molecule has 2 rings (SSSR count). The number of nitrogens with two attached hydrogens (primary N) is 1. The van der Waals surface area contributed by atoms with Gasteiger partial charge < -0.3 is 20.1 Å². The Morgan fingerprint density at radius 1 is 1.24 bits per heavy atom. The molecule has 2 aliphatic heterocycles. The van der Waals surface area contributed by atoms with Crippen molar-refractivity contribution in [2.45, 2.75) is 43.7 Å². The molecule has 0 bridgehead atoms. The fourth-order valence-corrected chi connectivity index (χ4v) is 2.84. The second kappa shape index (κ2) is 6.14. The van der Waals surface area contributed by atoms with E-state index in [2.05, 4.69) is 11.9 Å². The van der Waals surface area contributed by atoms with E-state index in [0.717, 1.165) is 45.8 Å². The summed E-state index contributed by atoms with van der Waals surface area (Å²) >= 11 is 0. The molecule has 1 unspecified atom stereocenters. The van der Waals surface area contributed by atoms with Crippen LogP contribution in [-0.2, 0) is 9.47 Å². The molecule has 0 radical (unpaired) electrons. The number of ether oxygens (including phenoxy) is 2. The van der Waals surface area contributed by atoms with Crippen LogP contribution in [0.15, 0.2) is 0 Å². The van der Waals surface area contributed by atoms with Crippen molar-refractivity contribution in [1.82, 2.24) is 4.90 Å². The van der Waals surface area contributed by atoms with Gasteiger partial charge in [0.05, 0.1) is 6.10 Å². The minimum Gasteiger partial charge on any atom is -0.381 e. The van der Waals surface area contributed by atoms with Crippen molar-refractivity contribution >= 4 is 0 Å². The van der Waals surface area contributed by atoms with Gasteiger partial charge in [0.1, 0.15) is 0 Å². The largest absolute Gasteiger partial charge is 0.381 e. The van der Waals surface area contributed by atoms with Crippen molar-refractivity contribution in [1.29, 1.82) is 0 Å². The van der Waals surface area contributed by atoms with Crippen LogP contribution >= 0.6 is 0 Å². The molecule has 2 fully saturated rings. The third-order valence-electron chi connectivity index (χ3n) is 3.86. The lowest BCUT2D eigenvalue weighted by Gasteiger charge is -2.38. The van der Waals surface area contributed by atoms with E-state index in [0.29, 0.717) is 6.10 Å². The number of nitrogens with zero attached hydrogens (tertiary/aromatic N) is 1. The quantitative estimate of drug-likeness (QED) is 0.799. The third-order valence-corrected chi connectivity index (χ3v) is 3.86. The monoisotopic (exact) mass is 242 g/mol. The highest BCUT2D eigenvalue weighted by molar-refractivity contribution is 4.89. The molecule has 4 heteroatoms. The summed E-state index contributed by atoms with van der Waals surface area (Å²) in [6, 6.07) is 0. The molecule has 100 valence electrons. The molecule has 0 aromatic heterocycles. The first-order valence-corrected chi connectivity index (χ1v) is 6.85. The van der Waals surface area contributed by atoms with E-state index in [9.17, 15) is 0 Å². The van der Waals surface area contributed by atoms with Crippen LogP contribution in [-0.4, -0.2) is 56.5 Å². The Morgan fingerprint density at radius 2 is 2.00 bits per heavy atom. The maximum absolute atomic E-state index is 6.40. The average Bonchev–Trinajstić information content (AvgIpc) is 2.30. The zero-order valence-corrected chi connectivity index (χ0v) is 11.0. The van der Waals surface area contributed by atoms with Gasteiger partial charge in [-0.1, -0.05) is 0 Å². The molecular weight excluding hydrogens is 216 g/mol. The molecule has 2 heterocycles. The molecule has 2 aliphatic rings. The van der Waals surface area contributed by atoms with Crippen molar-refractivity contribution in [3.8, 4) is 0 Å². The Labute approximate surface area is 104 Å². The zero-order chi connectivity index (χ0) is 12.1. The van der Waals surface area contributed by atoms with Crippen molar-refractivity contribution in [2.24, 2.45) is 5.73 Å². The SMILES string of the molecule is CN(CC1CCCCO1)CC1(N)CCOCC1. The van der Waals surface area contributed by atoms with Gasteiger partial charge in [0, 0.05) is 38.4 Å². The van der Waals surface area contributed by atoms with E-state index in [1.807, 2.05) is 0 Å². The third kappa shape index (κ3) is 4.21. The van der Waals surface area contributed by atoms with Crippen molar-refractivity contribution in [3.63, 3.8) is 0 Å². The van der Waals surface area contributed by atoms with Gasteiger partial charge in [-0.05, 0) is 39.2 Å². The summed E-state index contributed by atoms with van der Waals surface area (Å²) in [6.07, 6.45) is 6.09. The molecule has 0 spiro atoms. The minimum atomic E-state index is -0.0539. The van der Waals surface area contributed by atoms with E-state index in [1.165, 1.54) is 19.3 Å². The molecule has 0 aliphatic carbocycles. The first-order chi connectivity index (χ1) is 8.18. The van der Waals surface area contributed by atoms with E-state index in [1.54, 1.807) is 0 Å². The van der Waals surface area contributed by atoms with Crippen LogP contribution in [0, 0.1) is 0 Å². The van der Waals surface area contributed by atoms with Gasteiger partial charge >= 0.3 is 0 Å². The summed E-state index contributed by atoms with van der Waals surface area (Å²) in [7, 11) is 2.15. The highest BCUT2D eigenvalue weighted by atomic mass is 16.5. The molecular formula is C13H26N2O2. The Balaban J connectivity index is 1.73. The number of likely N-dealkylation sites (N-methyl/N-ethyl adjacent to an activating group) is 1. The van der Waals surface area contributed by atoms with Crippen LogP contribution in [0.5, 0.6) is 0 Å². The molecule has 2 saturated heterocycles. The number of hydrogen-bond acceptors (Lipinski definition) is 4. The van der Waals surface area contributed by atoms with Gasteiger partial charge in [-0.3, -0.25) is 0 Å². The van der Waals surface area contributed by atoms with E-state index in [4.69, 9.17) is 15.2 Å². The summed E-state index contributed by atoms with van der Waals surface area (Å²) in [5.41, 5.74) is 6.35. The van der Waals surface area contributed by atoms with Crippen LogP contribution in [0.4, 0.5) is 0 Å². The highest BCUT2D eigenvalue weighted by Gasteiger charge is 2.30. The van der Waals surface area contributed by atoms with Crippen LogP contribution in [0.25, 0.3) is 0 Å². The second-order valence-corrected chi connectivity index (χ2v) is 5.66. The molecule has 0 aromatic carbocycles. The van der Waals surface area contributed by atoms with Gasteiger partial charge in [0.2, 0.25) is 0 Å². The summed E-state index contributed by atoms with van der Waals surface area (Å²) in [5.74, 6) is 0. The second-order valence-electron chi connectivity index (χ2n) is 5.66. The lowest BCUT2D eigenvalue weighted by molar-refractivity contribution is -0.0112. The summed E-state index contributed by atoms with van der Waals surface area (Å²) < 4.78 is 11.1. The first-order valence-electron chi connectivity index (χ1n) is 6.85. The molecule has 1 atom stereocenters. The Bertz CT molecular complexity index is 223. The Morgan fingerprint density at radius 3 is 2.65 bits per heavy atom. The lowest BCUT2D eigenvalue weighted by atomic mass is 9.90. The van der Waals surface area contributed by atoms with Crippen LogP contribution < -0.4 is 5.73 Å². The lowest BCUT2D eigenvalue weighted by Crippen LogP contribution is -2.53. The van der Waals surface area contributed by atoms with E-state index in [-0.39, 0.29) is 5.54 Å². The smallest absolute Gasteiger partial charge is 0.0701 e. The number of hydrogen-bond donors (Lipinski definition) is 1. The van der Waals surface area contributed by atoms with Gasteiger partial charge in [-0.25, -0.2) is 0 Å². The standard InChI is InChI=1S/C13H26N2O2/c1-15(10-12-4-2-3-7-17-12)11-13(14)5-8-16-9-6-13/h12H,2-11,14H2,1H3. The van der Waals surface area contributed by atoms with Gasteiger partial charge in [0.15, 0.2) is 0 Å². The fraction of sp³-hybridized carbons (Fsp3) is 1.00. The van der Waals surface area contributed by atoms with E-state index < -0.39 is 0 Å². The van der Waals surface area contributed by atoms with Gasteiger partial charge in [0.25, 0.3) is 0 Å². The van der Waals surface area contributed by atoms with Crippen molar-refractivity contribution in [3.05, 3.63) is 0 Å². The predicted octanol–water partition coefficient (Wildman–Crippen LogP) is 0.995. The first kappa shape index (κ1) is 13.3. The fourth-order valence-electron chi connectivity index (χ4n) is 2.84. The van der Waals surface area contributed by atoms with Gasteiger partial charge in [-0.15, -0.1) is 0 Å². The number of rotatable bonds is 4. The highest BCUT2D eigenvalue weighted by Crippen LogP contribution is 2.20. The minimum absolute atomic E-state index is 0.0539. The maximum Gasteiger partial charge on any atom is 0.0701 e. The van der Waals surface area contributed by atoms with Crippen LogP contribution in [0.1, 0.15) is 32.1 Å². The van der Waals surface area contributed by atoms with Crippen molar-refractivity contribution < 1.29 is 9.47 Å². The van der Waals surface area contributed by atoms with Crippen LogP contribution in [0.2, 0.25) is 0 Å². The topological polar surface area (TPSA) is 47.7 Å². The average molecular weight is 242 g/mol. The van der Waals surface area contributed by atoms with E-state index >= 15 is 0 Å². The normalized spacial score (nSPS) is 29.5. The molecule has 17 heavy (non-hydrogen) atoms. The summed E-state index contributed by atoms with van der Waals surface area (Å²) in [6.45, 7) is 4.52. The Hall–Kier alpha value is -0.160. The van der Waals surface area contributed by atoms with Crippen LogP contribution in [0.3, 0.4) is 0 Å². The molecule has 2 N–H and O–H groups in total. The summed E-state index contributed by atoms with van der Waals surface area (Å²) in [4.78, 5) is 2.33. The Kier molecular flexibility index (Phi) is 4.79. The zero-order valence-electron chi connectivity index (χ0n) is 11.0. The van der Waals surface area contributed by atoms with Gasteiger partial charge in [-0.2, -0.15) is 0 Å². The maximum atomic E-state index is 6.40. The summed E-state index contributed by atoms with van der Waals surface area (Å²) in [5, 5.41) is 0. The molecule has 0 aromatic rings. The molecule has 0 amide bonds. The van der Waals surface area contributed by atoms with Crippen molar-refractivity contribution in [2.75, 3.05) is 40.0 Å². The molecule has 0 saturated carbocycles. The molecule has 4 nitrogen and oxygen atoms in total.